The monoisotopic (exact) mass is 327 g/mol. The minimum absolute atomic E-state index is 0.0602. The molecule has 1 aliphatic heterocycles. The van der Waals surface area contributed by atoms with Crippen LogP contribution in [0.25, 0.3) is 0 Å². The molecule has 1 amide bonds. The summed E-state index contributed by atoms with van der Waals surface area (Å²) in [5.41, 5.74) is 2.88. The molecule has 0 spiro atoms. The third-order valence-electron chi connectivity index (χ3n) is 4.42. The molecule has 1 aliphatic rings. The maximum Gasteiger partial charge on any atom is 0.255 e. The van der Waals surface area contributed by atoms with Crippen molar-refractivity contribution in [1.82, 2.24) is 24.3 Å². The van der Waals surface area contributed by atoms with Gasteiger partial charge in [0.25, 0.3) is 5.91 Å². The summed E-state index contributed by atoms with van der Waals surface area (Å²) in [4.78, 5) is 25.7. The summed E-state index contributed by atoms with van der Waals surface area (Å²) in [5.74, 6) is 1.13. The van der Waals surface area contributed by atoms with Gasteiger partial charge in [-0.3, -0.25) is 9.78 Å². The number of nitrogens with zero attached hydrogens (tertiary/aromatic N) is 5. The molecular weight excluding hydrogens is 302 g/mol. The van der Waals surface area contributed by atoms with E-state index in [2.05, 4.69) is 40.5 Å². The van der Waals surface area contributed by atoms with Crippen molar-refractivity contribution in [3.63, 3.8) is 0 Å². The van der Waals surface area contributed by atoms with Crippen LogP contribution in [0.5, 0.6) is 0 Å². The smallest absolute Gasteiger partial charge is 0.255 e. The number of aryl methyl sites for hydroxylation is 1. The van der Waals surface area contributed by atoms with Gasteiger partial charge in [0.1, 0.15) is 5.82 Å². The fraction of sp³-hybridized carbons (Fsp3) is 0.500. The van der Waals surface area contributed by atoms with Gasteiger partial charge in [-0.05, 0) is 32.6 Å². The summed E-state index contributed by atoms with van der Waals surface area (Å²) < 4.78 is 2.26. The second kappa shape index (κ2) is 7.13. The van der Waals surface area contributed by atoms with Crippen molar-refractivity contribution in [2.24, 2.45) is 0 Å². The molecule has 0 radical (unpaired) electrons. The maximum absolute atomic E-state index is 12.7. The molecule has 6 heteroatoms. The fourth-order valence-corrected chi connectivity index (χ4v) is 3.09. The molecule has 2 aromatic rings. The Morgan fingerprint density at radius 1 is 1.17 bits per heavy atom. The molecule has 6 nitrogen and oxygen atoms in total. The van der Waals surface area contributed by atoms with Crippen molar-refractivity contribution >= 4 is 5.91 Å². The number of amides is 1. The highest BCUT2D eigenvalue weighted by Crippen LogP contribution is 2.15. The predicted molar refractivity (Wildman–Crippen MR) is 92.8 cm³/mol. The van der Waals surface area contributed by atoms with Crippen molar-refractivity contribution < 1.29 is 4.79 Å². The molecule has 3 rings (SSSR count). The average molecular weight is 327 g/mol. The van der Waals surface area contributed by atoms with E-state index in [-0.39, 0.29) is 5.91 Å². The van der Waals surface area contributed by atoms with Gasteiger partial charge in [0.2, 0.25) is 0 Å². The van der Waals surface area contributed by atoms with Crippen LogP contribution >= 0.6 is 0 Å². The maximum atomic E-state index is 12.7. The normalized spacial score (nSPS) is 14.6. The number of hydrogen-bond acceptors (Lipinski definition) is 4. The first kappa shape index (κ1) is 16.6. The molecule has 24 heavy (non-hydrogen) atoms. The fourth-order valence-electron chi connectivity index (χ4n) is 3.09. The summed E-state index contributed by atoms with van der Waals surface area (Å²) in [7, 11) is 4.11. The molecule has 0 saturated carbocycles. The van der Waals surface area contributed by atoms with Crippen LogP contribution in [0.1, 0.15) is 34.5 Å². The van der Waals surface area contributed by atoms with Gasteiger partial charge in [-0.2, -0.15) is 0 Å². The van der Waals surface area contributed by atoms with Gasteiger partial charge in [0, 0.05) is 50.7 Å². The molecule has 0 atom stereocenters. The molecule has 3 heterocycles. The third kappa shape index (κ3) is 3.48. The van der Waals surface area contributed by atoms with Gasteiger partial charge < -0.3 is 14.4 Å². The van der Waals surface area contributed by atoms with Crippen molar-refractivity contribution in [3.05, 3.63) is 47.3 Å². The number of fused-ring (bicyclic) bond motifs is 1. The SMILES string of the molecule is CCc1ccc(C(=O)N2CCc3ncc(CN(C)C)n3CC2)cn1. The predicted octanol–water partition coefficient (Wildman–Crippen LogP) is 1.60. The van der Waals surface area contributed by atoms with Crippen LogP contribution in [0.3, 0.4) is 0 Å². The third-order valence-corrected chi connectivity index (χ3v) is 4.42. The number of hydrogen-bond donors (Lipinski definition) is 0. The van der Waals surface area contributed by atoms with E-state index in [0.717, 1.165) is 37.4 Å². The lowest BCUT2D eigenvalue weighted by atomic mass is 10.2. The largest absolute Gasteiger partial charge is 0.336 e. The van der Waals surface area contributed by atoms with Crippen LogP contribution in [-0.2, 0) is 25.9 Å². The lowest BCUT2D eigenvalue weighted by Gasteiger charge is -2.20. The average Bonchev–Trinajstić information content (AvgIpc) is 2.83. The van der Waals surface area contributed by atoms with E-state index in [1.165, 1.54) is 5.69 Å². The van der Waals surface area contributed by atoms with Gasteiger partial charge in [-0.25, -0.2) is 4.98 Å². The molecule has 0 N–H and O–H groups in total. The Morgan fingerprint density at radius 3 is 2.67 bits per heavy atom. The molecule has 0 aliphatic carbocycles. The van der Waals surface area contributed by atoms with Crippen LogP contribution in [-0.4, -0.2) is 57.4 Å². The summed E-state index contributed by atoms with van der Waals surface area (Å²) in [6.07, 6.45) is 5.33. The highest BCUT2D eigenvalue weighted by molar-refractivity contribution is 5.93. The lowest BCUT2D eigenvalue weighted by molar-refractivity contribution is 0.0758. The van der Waals surface area contributed by atoms with Crippen LogP contribution in [0, 0.1) is 0 Å². The number of pyridine rings is 1. The topological polar surface area (TPSA) is 54.3 Å². The number of aromatic nitrogens is 3. The first-order valence-corrected chi connectivity index (χ1v) is 8.50. The number of imidazole rings is 1. The first-order valence-electron chi connectivity index (χ1n) is 8.50. The van der Waals surface area contributed by atoms with Crippen LogP contribution in [0.15, 0.2) is 24.5 Å². The molecule has 2 aromatic heterocycles. The van der Waals surface area contributed by atoms with E-state index >= 15 is 0 Å². The van der Waals surface area contributed by atoms with Crippen LogP contribution in [0.4, 0.5) is 0 Å². The van der Waals surface area contributed by atoms with Gasteiger partial charge >= 0.3 is 0 Å². The Bertz CT molecular complexity index is 705. The van der Waals surface area contributed by atoms with Crippen LogP contribution in [0.2, 0.25) is 0 Å². The Balaban J connectivity index is 1.71. The van der Waals surface area contributed by atoms with E-state index in [1.54, 1.807) is 6.20 Å². The van der Waals surface area contributed by atoms with E-state index < -0.39 is 0 Å². The Hall–Kier alpha value is -2.21. The molecule has 0 saturated heterocycles. The molecule has 128 valence electrons. The van der Waals surface area contributed by atoms with Gasteiger partial charge in [-0.15, -0.1) is 0 Å². The summed E-state index contributed by atoms with van der Waals surface area (Å²) in [5, 5.41) is 0. The zero-order chi connectivity index (χ0) is 17.1. The zero-order valence-corrected chi connectivity index (χ0v) is 14.7. The van der Waals surface area contributed by atoms with Crippen molar-refractivity contribution in [3.8, 4) is 0 Å². The summed E-state index contributed by atoms with van der Waals surface area (Å²) >= 11 is 0. The molecular formula is C18H25N5O. The minimum atomic E-state index is 0.0602. The number of carbonyl (C=O) groups is 1. The van der Waals surface area contributed by atoms with E-state index in [1.807, 2.05) is 23.2 Å². The van der Waals surface area contributed by atoms with E-state index in [4.69, 9.17) is 0 Å². The molecule has 0 bridgehead atoms. The highest BCUT2D eigenvalue weighted by Gasteiger charge is 2.22. The minimum Gasteiger partial charge on any atom is -0.336 e. The van der Waals surface area contributed by atoms with Crippen molar-refractivity contribution in [2.45, 2.75) is 32.9 Å². The second-order valence-electron chi connectivity index (χ2n) is 6.49. The number of carbonyl (C=O) groups excluding carboxylic acids is 1. The molecule has 0 fully saturated rings. The standard InChI is InChI=1S/C18H25N5O/c1-4-15-6-5-14(11-19-15)18(24)22-8-7-17-20-12-16(13-21(2)3)23(17)10-9-22/h5-6,11-12H,4,7-10,13H2,1-3H3. The second-order valence-corrected chi connectivity index (χ2v) is 6.49. The quantitative estimate of drug-likeness (QED) is 0.856. The lowest BCUT2D eigenvalue weighted by Crippen LogP contribution is -2.33. The Kier molecular flexibility index (Phi) is 4.94. The highest BCUT2D eigenvalue weighted by atomic mass is 16.2. The van der Waals surface area contributed by atoms with Gasteiger partial charge in [-0.1, -0.05) is 6.92 Å². The summed E-state index contributed by atoms with van der Waals surface area (Å²) in [6, 6.07) is 3.82. The zero-order valence-electron chi connectivity index (χ0n) is 14.7. The Labute approximate surface area is 143 Å². The molecule has 0 unspecified atom stereocenters. The first-order chi connectivity index (χ1) is 11.6. The van der Waals surface area contributed by atoms with Crippen molar-refractivity contribution in [2.75, 3.05) is 27.2 Å². The van der Waals surface area contributed by atoms with E-state index in [9.17, 15) is 4.79 Å². The van der Waals surface area contributed by atoms with Gasteiger partial charge in [0.15, 0.2) is 0 Å². The van der Waals surface area contributed by atoms with Gasteiger partial charge in [0.05, 0.1) is 11.3 Å². The van der Waals surface area contributed by atoms with Crippen molar-refractivity contribution in [1.29, 1.82) is 0 Å². The van der Waals surface area contributed by atoms with Crippen LogP contribution < -0.4 is 0 Å². The molecule has 0 aromatic carbocycles. The van der Waals surface area contributed by atoms with E-state index in [0.29, 0.717) is 18.7 Å². The Morgan fingerprint density at radius 2 is 2.00 bits per heavy atom. The number of rotatable bonds is 4. The summed E-state index contributed by atoms with van der Waals surface area (Å²) in [6.45, 7) is 5.13.